The summed E-state index contributed by atoms with van der Waals surface area (Å²) in [6.45, 7) is 12.3. The molecule has 0 saturated carbocycles. The Hall–Kier alpha value is -1.14. The van der Waals surface area contributed by atoms with Crippen LogP contribution in [0.25, 0.3) is 0 Å². The number of thiazole rings is 1. The van der Waals surface area contributed by atoms with Gasteiger partial charge in [0, 0.05) is 31.2 Å². The van der Waals surface area contributed by atoms with Gasteiger partial charge in [-0.25, -0.2) is 9.98 Å². The normalized spacial score (nSPS) is 11.7. The van der Waals surface area contributed by atoms with Crippen molar-refractivity contribution in [2.45, 2.75) is 47.1 Å². The van der Waals surface area contributed by atoms with Crippen LogP contribution in [0.2, 0.25) is 0 Å². The molecule has 0 aliphatic rings. The number of aliphatic imine (C=N–C) groups is 1. The first kappa shape index (κ1) is 17.9. The molecule has 1 rings (SSSR count). The van der Waals surface area contributed by atoms with Crippen molar-refractivity contribution in [2.75, 3.05) is 26.3 Å². The van der Waals surface area contributed by atoms with Crippen molar-refractivity contribution in [2.24, 2.45) is 4.99 Å². The van der Waals surface area contributed by atoms with Crippen LogP contribution in [-0.2, 0) is 11.3 Å². The highest BCUT2D eigenvalue weighted by atomic mass is 32.1. The van der Waals surface area contributed by atoms with E-state index in [0.29, 0.717) is 6.54 Å². The van der Waals surface area contributed by atoms with Crippen molar-refractivity contribution in [1.29, 1.82) is 0 Å². The van der Waals surface area contributed by atoms with Crippen LogP contribution in [0.1, 0.15) is 42.3 Å². The zero-order valence-corrected chi connectivity index (χ0v) is 14.5. The summed E-state index contributed by atoms with van der Waals surface area (Å²) in [7, 11) is 0. The van der Waals surface area contributed by atoms with E-state index in [1.807, 2.05) is 13.8 Å². The first-order chi connectivity index (χ1) is 10.2. The van der Waals surface area contributed by atoms with E-state index in [-0.39, 0.29) is 0 Å². The third-order valence-electron chi connectivity index (χ3n) is 3.00. The van der Waals surface area contributed by atoms with Crippen LogP contribution in [0.5, 0.6) is 0 Å². The molecule has 0 saturated heterocycles. The van der Waals surface area contributed by atoms with E-state index in [2.05, 4.69) is 34.5 Å². The third kappa shape index (κ3) is 7.43. The Labute approximate surface area is 132 Å². The van der Waals surface area contributed by atoms with Gasteiger partial charge in [0.25, 0.3) is 0 Å². The summed E-state index contributed by atoms with van der Waals surface area (Å²) < 4.78 is 5.33. The van der Waals surface area contributed by atoms with Gasteiger partial charge in [0.05, 0.1) is 12.2 Å². The Bertz CT molecular complexity index is 412. The fourth-order valence-corrected chi connectivity index (χ4v) is 2.63. The number of nitrogens with zero attached hydrogens (tertiary/aromatic N) is 2. The molecule has 0 atom stereocenters. The Kier molecular flexibility index (Phi) is 9.01. The number of hydrogen-bond donors (Lipinski definition) is 2. The summed E-state index contributed by atoms with van der Waals surface area (Å²) in [6, 6.07) is 0. The second kappa shape index (κ2) is 10.6. The SMILES string of the molecule is CCNC(=NCc1nc(C)c(C)s1)NCCCCOCC. The highest BCUT2D eigenvalue weighted by Gasteiger charge is 2.03. The van der Waals surface area contributed by atoms with E-state index in [4.69, 9.17) is 4.74 Å². The highest BCUT2D eigenvalue weighted by Crippen LogP contribution is 2.16. The molecule has 0 spiro atoms. The fourth-order valence-electron chi connectivity index (χ4n) is 1.78. The van der Waals surface area contributed by atoms with Crippen LogP contribution >= 0.6 is 11.3 Å². The van der Waals surface area contributed by atoms with Crippen molar-refractivity contribution in [3.05, 3.63) is 15.6 Å². The third-order valence-corrected chi connectivity index (χ3v) is 4.06. The summed E-state index contributed by atoms with van der Waals surface area (Å²) in [5, 5.41) is 7.68. The number of rotatable bonds is 9. The number of hydrogen-bond acceptors (Lipinski definition) is 4. The quantitative estimate of drug-likeness (QED) is 0.418. The van der Waals surface area contributed by atoms with E-state index in [1.165, 1.54) is 4.88 Å². The number of guanidine groups is 1. The summed E-state index contributed by atoms with van der Waals surface area (Å²) in [4.78, 5) is 10.4. The molecule has 120 valence electrons. The largest absolute Gasteiger partial charge is 0.382 e. The lowest BCUT2D eigenvalue weighted by atomic mass is 10.3. The minimum Gasteiger partial charge on any atom is -0.382 e. The standard InChI is InChI=1S/C15H28N4OS/c1-5-16-15(17-9-7-8-10-20-6-2)18-11-14-19-12(3)13(4)21-14/h5-11H2,1-4H3,(H2,16,17,18). The minimum absolute atomic E-state index is 0.633. The van der Waals surface area contributed by atoms with Gasteiger partial charge in [0.15, 0.2) is 5.96 Å². The maximum atomic E-state index is 5.33. The summed E-state index contributed by atoms with van der Waals surface area (Å²) in [5.74, 6) is 0.861. The number of aromatic nitrogens is 1. The molecule has 5 nitrogen and oxygen atoms in total. The molecule has 0 aromatic carbocycles. The topological polar surface area (TPSA) is 58.5 Å². The smallest absolute Gasteiger partial charge is 0.191 e. The van der Waals surface area contributed by atoms with Gasteiger partial charge >= 0.3 is 0 Å². The van der Waals surface area contributed by atoms with Gasteiger partial charge in [0.1, 0.15) is 5.01 Å². The lowest BCUT2D eigenvalue weighted by Gasteiger charge is -2.10. The van der Waals surface area contributed by atoms with Crippen LogP contribution in [0.15, 0.2) is 4.99 Å². The molecule has 0 radical (unpaired) electrons. The molecule has 1 aromatic heterocycles. The molecule has 0 fully saturated rings. The lowest BCUT2D eigenvalue weighted by molar-refractivity contribution is 0.143. The van der Waals surface area contributed by atoms with Gasteiger partial charge in [-0.1, -0.05) is 0 Å². The molecule has 21 heavy (non-hydrogen) atoms. The summed E-state index contributed by atoms with van der Waals surface area (Å²) in [5.41, 5.74) is 1.11. The average molecular weight is 312 g/mol. The molecule has 0 aliphatic heterocycles. The second-order valence-corrected chi connectivity index (χ2v) is 6.06. The number of unbranched alkanes of at least 4 members (excludes halogenated alkanes) is 1. The molecule has 0 unspecified atom stereocenters. The van der Waals surface area contributed by atoms with Gasteiger partial charge in [-0.15, -0.1) is 11.3 Å². The van der Waals surface area contributed by atoms with E-state index >= 15 is 0 Å². The predicted octanol–water partition coefficient (Wildman–Crippen LogP) is 2.63. The van der Waals surface area contributed by atoms with Gasteiger partial charge in [-0.2, -0.15) is 0 Å². The zero-order valence-electron chi connectivity index (χ0n) is 13.7. The minimum atomic E-state index is 0.633. The zero-order chi connectivity index (χ0) is 15.5. The van der Waals surface area contributed by atoms with Gasteiger partial charge in [-0.05, 0) is 40.5 Å². The van der Waals surface area contributed by atoms with Gasteiger partial charge in [0.2, 0.25) is 0 Å². The Morgan fingerprint density at radius 3 is 2.67 bits per heavy atom. The lowest BCUT2D eigenvalue weighted by Crippen LogP contribution is -2.37. The number of ether oxygens (including phenoxy) is 1. The van der Waals surface area contributed by atoms with Crippen molar-refractivity contribution < 1.29 is 4.74 Å². The molecule has 0 amide bonds. The van der Waals surface area contributed by atoms with Crippen LogP contribution in [0.3, 0.4) is 0 Å². The second-order valence-electron chi connectivity index (χ2n) is 4.78. The Morgan fingerprint density at radius 1 is 1.24 bits per heavy atom. The van der Waals surface area contributed by atoms with Crippen molar-refractivity contribution in [3.8, 4) is 0 Å². The van der Waals surface area contributed by atoms with Crippen molar-refractivity contribution in [1.82, 2.24) is 15.6 Å². The molecule has 2 N–H and O–H groups in total. The van der Waals surface area contributed by atoms with E-state index in [1.54, 1.807) is 11.3 Å². The van der Waals surface area contributed by atoms with E-state index in [0.717, 1.165) is 55.8 Å². The molecule has 1 heterocycles. The molecule has 0 bridgehead atoms. The average Bonchev–Trinajstić information content (AvgIpc) is 2.79. The first-order valence-corrected chi connectivity index (χ1v) is 8.51. The van der Waals surface area contributed by atoms with Crippen LogP contribution in [0.4, 0.5) is 0 Å². The molecule has 6 heteroatoms. The van der Waals surface area contributed by atoms with Gasteiger partial charge < -0.3 is 15.4 Å². The first-order valence-electron chi connectivity index (χ1n) is 7.70. The molecular formula is C15H28N4OS. The summed E-state index contributed by atoms with van der Waals surface area (Å²) in [6.07, 6.45) is 2.16. The number of aryl methyl sites for hydroxylation is 2. The highest BCUT2D eigenvalue weighted by molar-refractivity contribution is 7.11. The van der Waals surface area contributed by atoms with E-state index in [9.17, 15) is 0 Å². The maximum Gasteiger partial charge on any atom is 0.191 e. The number of nitrogens with one attached hydrogen (secondary N) is 2. The summed E-state index contributed by atoms with van der Waals surface area (Å²) >= 11 is 1.72. The van der Waals surface area contributed by atoms with Crippen molar-refractivity contribution in [3.63, 3.8) is 0 Å². The van der Waals surface area contributed by atoms with Gasteiger partial charge in [-0.3, -0.25) is 0 Å². The molecular weight excluding hydrogens is 284 g/mol. The van der Waals surface area contributed by atoms with Crippen LogP contribution in [-0.4, -0.2) is 37.2 Å². The predicted molar refractivity (Wildman–Crippen MR) is 90.1 cm³/mol. The Balaban J connectivity index is 2.35. The maximum absolute atomic E-state index is 5.33. The molecule has 1 aromatic rings. The molecule has 0 aliphatic carbocycles. The Morgan fingerprint density at radius 2 is 2.05 bits per heavy atom. The fraction of sp³-hybridized carbons (Fsp3) is 0.733. The van der Waals surface area contributed by atoms with Crippen LogP contribution in [0, 0.1) is 13.8 Å². The monoisotopic (exact) mass is 312 g/mol. The van der Waals surface area contributed by atoms with E-state index < -0.39 is 0 Å². The van der Waals surface area contributed by atoms with Crippen LogP contribution < -0.4 is 10.6 Å². The van der Waals surface area contributed by atoms with Crippen molar-refractivity contribution >= 4 is 17.3 Å².